The third-order valence-corrected chi connectivity index (χ3v) is 3.24. The number of aliphatic hydroxyl groups excluding tert-OH is 1. The van der Waals surface area contributed by atoms with Gasteiger partial charge in [0, 0.05) is 5.92 Å². The molecule has 2 rings (SSSR count). The molecule has 4 atom stereocenters. The standard InChI is InChI=1S/C10H18O4/c1-6-7-8(13-9(2,3)12-7)14-10(6,4)5-11/h6-8,11H,5H2,1-4H3/t6-,7+,8-,10-/m0/s1. The number of fused-ring (bicyclic) bond motifs is 1. The van der Waals surface area contributed by atoms with Crippen molar-refractivity contribution < 1.29 is 19.3 Å². The average Bonchev–Trinajstić information content (AvgIpc) is 2.48. The van der Waals surface area contributed by atoms with Gasteiger partial charge in [0.25, 0.3) is 0 Å². The number of aliphatic hydroxyl groups is 1. The number of hydrogen-bond donors (Lipinski definition) is 1. The maximum atomic E-state index is 9.24. The van der Waals surface area contributed by atoms with Crippen molar-refractivity contribution >= 4 is 0 Å². The zero-order valence-electron chi connectivity index (χ0n) is 9.11. The Labute approximate surface area is 84.1 Å². The molecule has 82 valence electrons. The molecule has 2 heterocycles. The zero-order valence-corrected chi connectivity index (χ0v) is 9.11. The Kier molecular flexibility index (Phi) is 2.16. The Morgan fingerprint density at radius 1 is 1.14 bits per heavy atom. The Hall–Kier alpha value is -0.160. The minimum atomic E-state index is -0.569. The van der Waals surface area contributed by atoms with Crippen LogP contribution in [0.25, 0.3) is 0 Å². The second-order valence-electron chi connectivity index (χ2n) is 4.85. The van der Waals surface area contributed by atoms with Crippen molar-refractivity contribution in [3.63, 3.8) is 0 Å². The second kappa shape index (κ2) is 2.92. The molecule has 0 aromatic rings. The van der Waals surface area contributed by atoms with E-state index in [1.165, 1.54) is 0 Å². The number of hydrogen-bond acceptors (Lipinski definition) is 4. The summed E-state index contributed by atoms with van der Waals surface area (Å²) in [4.78, 5) is 0. The summed E-state index contributed by atoms with van der Waals surface area (Å²) < 4.78 is 17.0. The zero-order chi connectivity index (χ0) is 10.6. The van der Waals surface area contributed by atoms with Gasteiger partial charge in [-0.05, 0) is 20.8 Å². The molecule has 2 aliphatic heterocycles. The molecule has 2 fully saturated rings. The van der Waals surface area contributed by atoms with Crippen molar-refractivity contribution in [3.05, 3.63) is 0 Å². The predicted molar refractivity (Wildman–Crippen MR) is 49.6 cm³/mol. The normalized spacial score (nSPS) is 50.8. The summed E-state index contributed by atoms with van der Waals surface area (Å²) in [5.41, 5.74) is -0.536. The fourth-order valence-electron chi connectivity index (χ4n) is 2.09. The summed E-state index contributed by atoms with van der Waals surface area (Å²) in [5.74, 6) is -0.431. The van der Waals surface area contributed by atoms with Crippen LogP contribution in [0, 0.1) is 5.92 Å². The van der Waals surface area contributed by atoms with Crippen molar-refractivity contribution in [3.8, 4) is 0 Å². The molecule has 0 amide bonds. The Bertz CT molecular complexity index is 240. The van der Waals surface area contributed by atoms with Crippen LogP contribution < -0.4 is 0 Å². The van der Waals surface area contributed by atoms with E-state index in [4.69, 9.17) is 14.2 Å². The van der Waals surface area contributed by atoms with Crippen LogP contribution in [0.5, 0.6) is 0 Å². The third kappa shape index (κ3) is 1.37. The second-order valence-corrected chi connectivity index (χ2v) is 4.85. The largest absolute Gasteiger partial charge is 0.393 e. The Morgan fingerprint density at radius 3 is 2.29 bits per heavy atom. The summed E-state index contributed by atoms with van der Waals surface area (Å²) in [6, 6.07) is 0. The first kappa shape index (κ1) is 10.4. The molecule has 0 aliphatic carbocycles. The lowest BCUT2D eigenvalue weighted by atomic mass is 9.90. The van der Waals surface area contributed by atoms with Crippen LogP contribution in [0.15, 0.2) is 0 Å². The van der Waals surface area contributed by atoms with E-state index in [9.17, 15) is 5.11 Å². The molecular formula is C10H18O4. The van der Waals surface area contributed by atoms with Gasteiger partial charge in [-0.2, -0.15) is 0 Å². The first-order chi connectivity index (χ1) is 6.38. The predicted octanol–water partition coefficient (Wildman–Crippen LogP) is 0.881. The van der Waals surface area contributed by atoms with E-state index in [0.29, 0.717) is 0 Å². The van der Waals surface area contributed by atoms with Gasteiger partial charge in [-0.1, -0.05) is 6.92 Å². The van der Waals surface area contributed by atoms with E-state index in [1.807, 2.05) is 27.7 Å². The topological polar surface area (TPSA) is 47.9 Å². The van der Waals surface area contributed by atoms with Crippen LogP contribution in [0.1, 0.15) is 27.7 Å². The van der Waals surface area contributed by atoms with E-state index < -0.39 is 11.4 Å². The van der Waals surface area contributed by atoms with Crippen LogP contribution in [0.3, 0.4) is 0 Å². The quantitative estimate of drug-likeness (QED) is 0.685. The lowest BCUT2D eigenvalue weighted by Crippen LogP contribution is -2.39. The lowest BCUT2D eigenvalue weighted by molar-refractivity contribution is -0.234. The molecule has 2 aliphatic rings. The highest BCUT2D eigenvalue weighted by Crippen LogP contribution is 2.45. The summed E-state index contributed by atoms with van der Waals surface area (Å²) >= 11 is 0. The van der Waals surface area contributed by atoms with Crippen LogP contribution in [0.4, 0.5) is 0 Å². The van der Waals surface area contributed by atoms with Gasteiger partial charge >= 0.3 is 0 Å². The fraction of sp³-hybridized carbons (Fsp3) is 1.00. The van der Waals surface area contributed by atoms with Crippen molar-refractivity contribution in [2.75, 3.05) is 6.61 Å². The molecule has 2 saturated heterocycles. The first-order valence-corrected chi connectivity index (χ1v) is 5.02. The summed E-state index contributed by atoms with van der Waals surface area (Å²) in [7, 11) is 0. The van der Waals surface area contributed by atoms with Gasteiger partial charge in [0.1, 0.15) is 6.10 Å². The molecule has 0 radical (unpaired) electrons. The highest BCUT2D eigenvalue weighted by molar-refractivity contribution is 4.97. The van der Waals surface area contributed by atoms with Crippen molar-refractivity contribution in [1.29, 1.82) is 0 Å². The molecule has 0 spiro atoms. The lowest BCUT2D eigenvalue weighted by Gasteiger charge is -2.30. The van der Waals surface area contributed by atoms with Gasteiger partial charge in [-0.25, -0.2) is 0 Å². The molecule has 0 saturated carbocycles. The Balaban J connectivity index is 2.15. The van der Waals surface area contributed by atoms with E-state index in [2.05, 4.69) is 0 Å². The molecule has 0 aromatic heterocycles. The monoisotopic (exact) mass is 202 g/mol. The molecule has 4 nitrogen and oxygen atoms in total. The van der Waals surface area contributed by atoms with Crippen molar-refractivity contribution in [1.82, 2.24) is 0 Å². The smallest absolute Gasteiger partial charge is 0.188 e. The van der Waals surface area contributed by atoms with Crippen molar-refractivity contribution in [2.45, 2.75) is 51.5 Å². The fourth-order valence-corrected chi connectivity index (χ4v) is 2.09. The Morgan fingerprint density at radius 2 is 1.79 bits per heavy atom. The van der Waals surface area contributed by atoms with E-state index >= 15 is 0 Å². The maximum absolute atomic E-state index is 9.24. The SMILES string of the molecule is C[C@H]1[C@H]2OC(C)(C)O[C@H]2O[C@@]1(C)CO. The summed E-state index contributed by atoms with van der Waals surface area (Å²) in [6.45, 7) is 7.64. The van der Waals surface area contributed by atoms with Gasteiger partial charge in [0.2, 0.25) is 0 Å². The minimum Gasteiger partial charge on any atom is -0.393 e. The van der Waals surface area contributed by atoms with Gasteiger partial charge in [-0.15, -0.1) is 0 Å². The third-order valence-electron chi connectivity index (χ3n) is 3.24. The van der Waals surface area contributed by atoms with Crippen molar-refractivity contribution in [2.24, 2.45) is 5.92 Å². The molecule has 4 heteroatoms. The van der Waals surface area contributed by atoms with E-state index in [-0.39, 0.29) is 24.9 Å². The van der Waals surface area contributed by atoms with Crippen LogP contribution in [0.2, 0.25) is 0 Å². The van der Waals surface area contributed by atoms with Crippen LogP contribution >= 0.6 is 0 Å². The van der Waals surface area contributed by atoms with Crippen LogP contribution in [-0.4, -0.2) is 35.5 Å². The van der Waals surface area contributed by atoms with Gasteiger partial charge < -0.3 is 19.3 Å². The molecule has 1 N–H and O–H groups in total. The highest BCUT2D eigenvalue weighted by atomic mass is 16.8. The number of rotatable bonds is 1. The molecule has 0 aromatic carbocycles. The van der Waals surface area contributed by atoms with E-state index in [0.717, 1.165) is 0 Å². The van der Waals surface area contributed by atoms with Crippen LogP contribution in [-0.2, 0) is 14.2 Å². The maximum Gasteiger partial charge on any atom is 0.188 e. The summed E-state index contributed by atoms with van der Waals surface area (Å²) in [6.07, 6.45) is -0.403. The highest BCUT2D eigenvalue weighted by Gasteiger charge is 2.57. The minimum absolute atomic E-state index is 0.00564. The number of ether oxygens (including phenoxy) is 3. The van der Waals surface area contributed by atoms with E-state index in [1.54, 1.807) is 0 Å². The van der Waals surface area contributed by atoms with Gasteiger partial charge in [0.15, 0.2) is 12.1 Å². The molecule has 0 unspecified atom stereocenters. The van der Waals surface area contributed by atoms with Gasteiger partial charge in [-0.3, -0.25) is 0 Å². The first-order valence-electron chi connectivity index (χ1n) is 5.02. The average molecular weight is 202 g/mol. The van der Waals surface area contributed by atoms with Gasteiger partial charge in [0.05, 0.1) is 12.2 Å². The summed E-state index contributed by atoms with van der Waals surface area (Å²) in [5, 5.41) is 9.24. The molecule has 0 bridgehead atoms. The molecular weight excluding hydrogens is 184 g/mol. The molecule has 14 heavy (non-hydrogen) atoms.